The van der Waals surface area contributed by atoms with Crippen molar-refractivity contribution in [3.8, 4) is 28.8 Å². The first-order chi connectivity index (χ1) is 23.2. The van der Waals surface area contributed by atoms with Gasteiger partial charge in [0, 0.05) is 11.6 Å². The summed E-state index contributed by atoms with van der Waals surface area (Å²) in [6.45, 7) is 0. The molecule has 5 aromatic heterocycles. The van der Waals surface area contributed by atoms with Crippen LogP contribution in [-0.2, 0) is 0 Å². The molecular formula is C37H24N8O2. The predicted molar refractivity (Wildman–Crippen MR) is 182 cm³/mol. The van der Waals surface area contributed by atoms with Crippen LogP contribution in [-0.4, -0.2) is 38.0 Å². The van der Waals surface area contributed by atoms with E-state index >= 15 is 0 Å². The van der Waals surface area contributed by atoms with E-state index in [-0.39, 0.29) is 11.4 Å². The largest absolute Gasteiger partial charge is 0.339 e. The van der Waals surface area contributed by atoms with E-state index in [0.717, 1.165) is 10.9 Å². The van der Waals surface area contributed by atoms with Gasteiger partial charge in [0.1, 0.15) is 11.6 Å². The van der Waals surface area contributed by atoms with Gasteiger partial charge in [-0.15, -0.1) is 0 Å². The highest BCUT2D eigenvalue weighted by atomic mass is 16.2. The Labute approximate surface area is 266 Å². The third-order valence-corrected chi connectivity index (χ3v) is 8.35. The predicted octanol–water partition coefficient (Wildman–Crippen LogP) is 6.01. The molecule has 0 atom stereocenters. The van der Waals surface area contributed by atoms with Gasteiger partial charge >= 0.3 is 11.4 Å². The second-order valence-corrected chi connectivity index (χ2v) is 11.1. The average molecular weight is 613 g/mol. The maximum absolute atomic E-state index is 14.6. The summed E-state index contributed by atoms with van der Waals surface area (Å²) < 4.78 is 8.24. The molecule has 5 heterocycles. The van der Waals surface area contributed by atoms with Crippen LogP contribution in [0.2, 0.25) is 0 Å². The lowest BCUT2D eigenvalue weighted by atomic mass is 10.2. The molecule has 10 heteroatoms. The Morgan fingerprint density at radius 2 is 0.979 bits per heavy atom. The van der Waals surface area contributed by atoms with E-state index in [1.807, 2.05) is 121 Å². The smallest absolute Gasteiger partial charge is 0.260 e. The summed E-state index contributed by atoms with van der Waals surface area (Å²) in [5.41, 5.74) is 4.14. The quantitative estimate of drug-likeness (QED) is 0.237. The normalized spacial score (nSPS) is 11.6. The lowest BCUT2D eigenvalue weighted by Crippen LogP contribution is -2.23. The molecular weight excluding hydrogens is 588 g/mol. The van der Waals surface area contributed by atoms with Crippen molar-refractivity contribution in [1.82, 2.24) is 38.0 Å². The number of benzene rings is 4. The third kappa shape index (κ3) is 4.09. The zero-order valence-electron chi connectivity index (χ0n) is 24.8. The molecule has 0 aliphatic rings. The number of rotatable bonds is 5. The molecule has 0 saturated heterocycles. The molecule has 224 valence electrons. The molecule has 0 bridgehead atoms. The first-order valence-electron chi connectivity index (χ1n) is 15.1. The van der Waals surface area contributed by atoms with Crippen molar-refractivity contribution in [2.75, 3.05) is 0 Å². The molecule has 0 aliphatic heterocycles. The number of nitrogens with zero attached hydrogens (tertiary/aromatic N) is 8. The van der Waals surface area contributed by atoms with Crippen LogP contribution < -0.4 is 11.4 Å². The highest BCUT2D eigenvalue weighted by Crippen LogP contribution is 2.29. The summed E-state index contributed by atoms with van der Waals surface area (Å²) in [5, 5.41) is 5.56. The molecule has 9 rings (SSSR count). The number of para-hydroxylation sites is 3. The highest BCUT2D eigenvalue weighted by molar-refractivity contribution is 5.95. The molecule has 0 aliphatic carbocycles. The lowest BCUT2D eigenvalue weighted by Gasteiger charge is -2.07. The monoisotopic (exact) mass is 612 g/mol. The van der Waals surface area contributed by atoms with Crippen LogP contribution in [0.15, 0.2) is 155 Å². The van der Waals surface area contributed by atoms with E-state index in [1.165, 1.54) is 0 Å². The second kappa shape index (κ2) is 10.4. The van der Waals surface area contributed by atoms with Crippen LogP contribution in [0.3, 0.4) is 0 Å². The van der Waals surface area contributed by atoms with Gasteiger partial charge in [-0.05, 0) is 66.7 Å². The van der Waals surface area contributed by atoms with Gasteiger partial charge in [0.2, 0.25) is 0 Å². The molecule has 0 saturated carbocycles. The Kier molecular flexibility index (Phi) is 5.87. The Balaban J connectivity index is 1.39. The maximum atomic E-state index is 14.6. The van der Waals surface area contributed by atoms with E-state index in [1.54, 1.807) is 47.5 Å². The summed E-state index contributed by atoms with van der Waals surface area (Å²) in [6, 6.07) is 41.6. The van der Waals surface area contributed by atoms with Gasteiger partial charge in [-0.2, -0.15) is 5.10 Å². The highest BCUT2D eigenvalue weighted by Gasteiger charge is 2.23. The number of fused-ring (bicyclic) bond motifs is 3. The van der Waals surface area contributed by atoms with Gasteiger partial charge in [0.25, 0.3) is 0 Å². The first-order valence-corrected chi connectivity index (χ1v) is 15.1. The summed E-state index contributed by atoms with van der Waals surface area (Å²) in [6.07, 6.45) is 3.45. The van der Waals surface area contributed by atoms with E-state index in [4.69, 9.17) is 4.98 Å². The molecule has 47 heavy (non-hydrogen) atoms. The topological polar surface area (TPSA) is 97.5 Å². The molecule has 0 unspecified atom stereocenters. The molecule has 0 fully saturated rings. The zero-order chi connectivity index (χ0) is 31.5. The van der Waals surface area contributed by atoms with Crippen molar-refractivity contribution in [2.45, 2.75) is 0 Å². The van der Waals surface area contributed by atoms with Gasteiger partial charge in [-0.1, -0.05) is 66.7 Å². The van der Waals surface area contributed by atoms with Crippen molar-refractivity contribution < 1.29 is 0 Å². The van der Waals surface area contributed by atoms with Crippen LogP contribution in [0.25, 0.3) is 61.8 Å². The minimum atomic E-state index is -0.299. The van der Waals surface area contributed by atoms with Crippen molar-refractivity contribution in [1.29, 1.82) is 0 Å². The third-order valence-electron chi connectivity index (χ3n) is 8.35. The van der Waals surface area contributed by atoms with Crippen molar-refractivity contribution in [3.63, 3.8) is 0 Å². The summed E-state index contributed by atoms with van der Waals surface area (Å²) in [5.74, 6) is 1.46. The SMILES string of the molecule is O=c1n(-c2ccccc2)c2cc3c(cc2n1-c1ccccn1)n(-c1cccc(-n2ncc4ccccc42)n1)c(=O)n3-c1ccccc1. The Bertz CT molecular complexity index is 2720. The minimum Gasteiger partial charge on any atom is -0.260 e. The molecule has 0 N–H and O–H groups in total. The van der Waals surface area contributed by atoms with Gasteiger partial charge in [-0.3, -0.25) is 9.13 Å². The van der Waals surface area contributed by atoms with Gasteiger partial charge in [0.15, 0.2) is 5.82 Å². The summed E-state index contributed by atoms with van der Waals surface area (Å²) >= 11 is 0. The molecule has 10 nitrogen and oxygen atoms in total. The Morgan fingerprint density at radius 1 is 0.447 bits per heavy atom. The Hall–Kier alpha value is -6.81. The van der Waals surface area contributed by atoms with Crippen LogP contribution in [0, 0.1) is 0 Å². The number of aromatic nitrogens is 8. The van der Waals surface area contributed by atoms with Gasteiger partial charge < -0.3 is 0 Å². The van der Waals surface area contributed by atoms with Crippen molar-refractivity contribution in [3.05, 3.63) is 167 Å². The summed E-state index contributed by atoms with van der Waals surface area (Å²) in [7, 11) is 0. The lowest BCUT2D eigenvalue weighted by molar-refractivity contribution is 0.847. The fraction of sp³-hybridized carbons (Fsp3) is 0. The van der Waals surface area contributed by atoms with E-state index < -0.39 is 0 Å². The minimum absolute atomic E-state index is 0.275. The van der Waals surface area contributed by atoms with Crippen LogP contribution in [0.1, 0.15) is 0 Å². The summed E-state index contributed by atoms with van der Waals surface area (Å²) in [4.78, 5) is 38.3. The van der Waals surface area contributed by atoms with Crippen LogP contribution in [0.5, 0.6) is 0 Å². The number of pyridine rings is 2. The molecule has 4 aromatic carbocycles. The van der Waals surface area contributed by atoms with E-state index in [0.29, 0.717) is 50.9 Å². The van der Waals surface area contributed by atoms with Crippen LogP contribution in [0.4, 0.5) is 0 Å². The zero-order valence-corrected chi connectivity index (χ0v) is 24.8. The fourth-order valence-corrected chi connectivity index (χ4v) is 6.27. The van der Waals surface area contributed by atoms with E-state index in [2.05, 4.69) is 10.1 Å². The van der Waals surface area contributed by atoms with Crippen molar-refractivity contribution in [2.24, 2.45) is 0 Å². The maximum Gasteiger partial charge on any atom is 0.339 e. The first kappa shape index (κ1) is 26.6. The van der Waals surface area contributed by atoms with Gasteiger partial charge in [0.05, 0.1) is 45.2 Å². The standard InChI is InChI=1S/C37H24N8O2/c46-36-41(26-13-3-1-4-14-26)29-22-30-32(23-31(29)43(36)33-18-9-10-21-38-33)44(37(47)42(30)27-15-5-2-6-16-27)34-19-11-20-35(40-34)45-28-17-8-7-12-25(28)24-39-45/h1-24H. The van der Waals surface area contributed by atoms with Crippen LogP contribution >= 0.6 is 0 Å². The van der Waals surface area contributed by atoms with Crippen molar-refractivity contribution >= 4 is 33.0 Å². The number of hydrogen-bond acceptors (Lipinski definition) is 5. The molecule has 9 aromatic rings. The molecule has 0 amide bonds. The fourth-order valence-electron chi connectivity index (χ4n) is 6.27. The second-order valence-electron chi connectivity index (χ2n) is 11.1. The van der Waals surface area contributed by atoms with Gasteiger partial charge in [-0.25, -0.2) is 33.4 Å². The number of hydrogen-bond donors (Lipinski definition) is 0. The molecule has 0 spiro atoms. The number of imidazole rings is 2. The Morgan fingerprint density at radius 3 is 1.62 bits per heavy atom. The average Bonchev–Trinajstić information content (AvgIpc) is 3.77. The van der Waals surface area contributed by atoms with E-state index in [9.17, 15) is 9.59 Å². The molecule has 0 radical (unpaired) electrons.